The minimum atomic E-state index is -1.01. The number of nitrogens with zero attached hydrogens (tertiary/aromatic N) is 1. The van der Waals surface area contributed by atoms with Gasteiger partial charge in [0, 0.05) is 18.7 Å². The van der Waals surface area contributed by atoms with Crippen molar-refractivity contribution in [2.75, 3.05) is 6.54 Å². The van der Waals surface area contributed by atoms with Gasteiger partial charge in [0.2, 0.25) is 0 Å². The van der Waals surface area contributed by atoms with Crippen LogP contribution in [0.3, 0.4) is 0 Å². The van der Waals surface area contributed by atoms with E-state index in [0.29, 0.717) is 24.4 Å². The summed E-state index contributed by atoms with van der Waals surface area (Å²) >= 11 is 0. The van der Waals surface area contributed by atoms with E-state index in [2.05, 4.69) is 10.3 Å². The van der Waals surface area contributed by atoms with E-state index < -0.39 is 23.0 Å². The fraction of sp³-hybridized carbons (Fsp3) is 0.308. The molecule has 0 aliphatic carbocycles. The Morgan fingerprint density at radius 2 is 1.89 bits per heavy atom. The highest BCUT2D eigenvalue weighted by atomic mass is 19.1. The van der Waals surface area contributed by atoms with E-state index in [-0.39, 0.29) is 5.76 Å². The Balaban J connectivity index is 2.35. The zero-order valence-corrected chi connectivity index (χ0v) is 10.3. The van der Waals surface area contributed by atoms with Gasteiger partial charge in [-0.2, -0.15) is 0 Å². The van der Waals surface area contributed by atoms with Gasteiger partial charge in [0.25, 0.3) is 0 Å². The molecule has 2 aromatic rings. The highest BCUT2D eigenvalue weighted by molar-refractivity contribution is 5.61. The number of oxazole rings is 1. The summed E-state index contributed by atoms with van der Waals surface area (Å²) in [6.45, 7) is 3.08. The van der Waals surface area contributed by atoms with Crippen LogP contribution in [0.2, 0.25) is 0 Å². The largest absolute Gasteiger partial charge is 0.443 e. The van der Waals surface area contributed by atoms with E-state index in [1.165, 1.54) is 0 Å². The monoisotopic (exact) mass is 270 g/mol. The lowest BCUT2D eigenvalue weighted by Gasteiger charge is -2.05. The minimum Gasteiger partial charge on any atom is -0.443 e. The summed E-state index contributed by atoms with van der Waals surface area (Å²) in [5, 5.41) is 3.06. The lowest BCUT2D eigenvalue weighted by Crippen LogP contribution is -2.14. The van der Waals surface area contributed by atoms with Crippen LogP contribution in [-0.2, 0) is 6.54 Å². The van der Waals surface area contributed by atoms with E-state index in [0.717, 1.165) is 19.4 Å². The molecule has 6 heteroatoms. The van der Waals surface area contributed by atoms with Crippen LogP contribution in [0.25, 0.3) is 11.3 Å². The SMILES string of the molecule is CCCNCc1ncoc1-c1c(F)cc(F)cc1F. The lowest BCUT2D eigenvalue weighted by atomic mass is 10.1. The second-order valence-corrected chi connectivity index (χ2v) is 4.05. The smallest absolute Gasteiger partial charge is 0.181 e. The van der Waals surface area contributed by atoms with Gasteiger partial charge in [0.1, 0.15) is 23.1 Å². The van der Waals surface area contributed by atoms with Gasteiger partial charge in [-0.15, -0.1) is 0 Å². The Kier molecular flexibility index (Phi) is 4.21. The van der Waals surface area contributed by atoms with Crippen LogP contribution in [0.1, 0.15) is 19.0 Å². The van der Waals surface area contributed by atoms with E-state index >= 15 is 0 Å². The van der Waals surface area contributed by atoms with Crippen molar-refractivity contribution in [2.45, 2.75) is 19.9 Å². The topological polar surface area (TPSA) is 38.1 Å². The highest BCUT2D eigenvalue weighted by Crippen LogP contribution is 2.29. The molecule has 1 aromatic heterocycles. The molecule has 0 aliphatic rings. The van der Waals surface area contributed by atoms with Crippen LogP contribution in [0, 0.1) is 17.5 Å². The number of halogens is 3. The normalized spacial score (nSPS) is 10.9. The zero-order chi connectivity index (χ0) is 13.8. The van der Waals surface area contributed by atoms with Gasteiger partial charge in [-0.3, -0.25) is 0 Å². The first kappa shape index (κ1) is 13.6. The zero-order valence-electron chi connectivity index (χ0n) is 10.3. The predicted octanol–water partition coefficient (Wildman–Crippen LogP) is 3.26. The summed E-state index contributed by atoms with van der Waals surface area (Å²) in [5.74, 6) is -3.00. The molecule has 2 rings (SSSR count). The Bertz CT molecular complexity index is 546. The summed E-state index contributed by atoms with van der Waals surface area (Å²) < 4.78 is 45.2. The quantitative estimate of drug-likeness (QED) is 0.847. The summed E-state index contributed by atoms with van der Waals surface area (Å²) in [5.41, 5.74) is -0.00921. The number of hydrogen-bond donors (Lipinski definition) is 1. The van der Waals surface area contributed by atoms with E-state index in [1.54, 1.807) is 0 Å². The van der Waals surface area contributed by atoms with Gasteiger partial charge < -0.3 is 9.73 Å². The van der Waals surface area contributed by atoms with Crippen LogP contribution in [0.5, 0.6) is 0 Å². The fourth-order valence-corrected chi connectivity index (χ4v) is 1.74. The van der Waals surface area contributed by atoms with E-state index in [4.69, 9.17) is 4.42 Å². The Morgan fingerprint density at radius 1 is 1.21 bits per heavy atom. The molecule has 102 valence electrons. The van der Waals surface area contributed by atoms with Gasteiger partial charge in [0.05, 0.1) is 5.56 Å². The van der Waals surface area contributed by atoms with Crippen LogP contribution in [-0.4, -0.2) is 11.5 Å². The maximum atomic E-state index is 13.7. The average molecular weight is 270 g/mol. The molecular weight excluding hydrogens is 257 g/mol. The third-order valence-corrected chi connectivity index (χ3v) is 2.59. The molecule has 1 N–H and O–H groups in total. The average Bonchev–Trinajstić information content (AvgIpc) is 2.76. The predicted molar refractivity (Wildman–Crippen MR) is 63.8 cm³/mol. The number of aromatic nitrogens is 1. The van der Waals surface area contributed by atoms with Crippen LogP contribution >= 0.6 is 0 Å². The van der Waals surface area contributed by atoms with Crippen molar-refractivity contribution in [3.63, 3.8) is 0 Å². The third kappa shape index (κ3) is 2.96. The second kappa shape index (κ2) is 5.88. The standard InChI is InChI=1S/C13H13F3N2O/c1-2-3-17-6-11-13(19-7-18-11)12-9(15)4-8(14)5-10(12)16/h4-5,7,17H,2-3,6H2,1H3. The summed E-state index contributed by atoms with van der Waals surface area (Å²) in [4.78, 5) is 3.91. The van der Waals surface area contributed by atoms with Crippen molar-refractivity contribution in [2.24, 2.45) is 0 Å². The van der Waals surface area contributed by atoms with Gasteiger partial charge in [-0.25, -0.2) is 18.2 Å². The number of nitrogens with one attached hydrogen (secondary N) is 1. The molecule has 0 saturated heterocycles. The van der Waals surface area contributed by atoms with Crippen molar-refractivity contribution in [3.8, 4) is 11.3 Å². The Morgan fingerprint density at radius 3 is 2.53 bits per heavy atom. The van der Waals surface area contributed by atoms with Crippen molar-refractivity contribution >= 4 is 0 Å². The third-order valence-electron chi connectivity index (χ3n) is 2.59. The molecule has 0 unspecified atom stereocenters. The Hall–Kier alpha value is -1.82. The Labute approximate surface area is 108 Å². The van der Waals surface area contributed by atoms with Crippen LogP contribution < -0.4 is 5.32 Å². The molecule has 0 aliphatic heterocycles. The number of hydrogen-bond acceptors (Lipinski definition) is 3. The number of rotatable bonds is 5. The molecule has 0 spiro atoms. The molecule has 0 saturated carbocycles. The van der Waals surface area contributed by atoms with Gasteiger partial charge in [0.15, 0.2) is 12.2 Å². The first-order chi connectivity index (χ1) is 9.13. The maximum Gasteiger partial charge on any atom is 0.181 e. The molecule has 3 nitrogen and oxygen atoms in total. The molecule has 0 amide bonds. The fourth-order valence-electron chi connectivity index (χ4n) is 1.74. The molecule has 0 bridgehead atoms. The molecule has 1 heterocycles. The lowest BCUT2D eigenvalue weighted by molar-refractivity contribution is 0.524. The maximum absolute atomic E-state index is 13.7. The van der Waals surface area contributed by atoms with Gasteiger partial charge in [-0.1, -0.05) is 6.92 Å². The van der Waals surface area contributed by atoms with Gasteiger partial charge >= 0.3 is 0 Å². The number of benzene rings is 1. The van der Waals surface area contributed by atoms with Gasteiger partial charge in [-0.05, 0) is 13.0 Å². The first-order valence-electron chi connectivity index (χ1n) is 5.91. The van der Waals surface area contributed by atoms with Crippen LogP contribution in [0.15, 0.2) is 22.9 Å². The summed E-state index contributed by atoms with van der Waals surface area (Å²) in [6, 6.07) is 1.23. The molecule has 0 radical (unpaired) electrons. The highest BCUT2D eigenvalue weighted by Gasteiger charge is 2.20. The summed E-state index contributed by atoms with van der Waals surface area (Å²) in [7, 11) is 0. The van der Waals surface area contributed by atoms with Crippen molar-refractivity contribution in [1.29, 1.82) is 0 Å². The molecule has 0 fully saturated rings. The second-order valence-electron chi connectivity index (χ2n) is 4.05. The molecular formula is C13H13F3N2O. The summed E-state index contributed by atoms with van der Waals surface area (Å²) in [6.07, 6.45) is 2.03. The van der Waals surface area contributed by atoms with Crippen LogP contribution in [0.4, 0.5) is 13.2 Å². The molecule has 19 heavy (non-hydrogen) atoms. The van der Waals surface area contributed by atoms with Crippen molar-refractivity contribution in [1.82, 2.24) is 10.3 Å². The minimum absolute atomic E-state index is 0.0152. The molecule has 0 atom stereocenters. The van der Waals surface area contributed by atoms with E-state index in [9.17, 15) is 13.2 Å². The van der Waals surface area contributed by atoms with E-state index in [1.807, 2.05) is 6.92 Å². The first-order valence-corrected chi connectivity index (χ1v) is 5.91. The van der Waals surface area contributed by atoms with Crippen molar-refractivity contribution < 1.29 is 17.6 Å². The van der Waals surface area contributed by atoms with Crippen molar-refractivity contribution in [3.05, 3.63) is 41.7 Å². The molecule has 1 aromatic carbocycles.